The molecule has 0 aliphatic rings. The first kappa shape index (κ1) is 17.7. The summed E-state index contributed by atoms with van der Waals surface area (Å²) in [5, 5.41) is 6.60. The summed E-state index contributed by atoms with van der Waals surface area (Å²) in [5.74, 6) is 0.0983. The van der Waals surface area contributed by atoms with Gasteiger partial charge in [0, 0.05) is 27.5 Å². The van der Waals surface area contributed by atoms with Gasteiger partial charge in [0.1, 0.15) is 0 Å². The number of nitrogens with one attached hydrogen (secondary N) is 2. The number of aryl methyl sites for hydroxylation is 1. The maximum atomic E-state index is 13.1. The van der Waals surface area contributed by atoms with E-state index in [0.29, 0.717) is 0 Å². The molecule has 27 heavy (non-hydrogen) atoms. The van der Waals surface area contributed by atoms with Crippen molar-refractivity contribution in [2.24, 2.45) is 0 Å². The summed E-state index contributed by atoms with van der Waals surface area (Å²) in [4.78, 5) is 17.5. The van der Waals surface area contributed by atoms with Crippen LogP contribution in [0, 0.1) is 6.92 Å². The number of ketones is 1. The highest BCUT2D eigenvalue weighted by Crippen LogP contribution is 2.28. The third-order valence-electron chi connectivity index (χ3n) is 4.90. The minimum atomic E-state index is -0.308. The summed E-state index contributed by atoms with van der Waals surface area (Å²) in [6, 6.07) is 20.3. The molecule has 4 aromatic rings. The fraction of sp³-hybridized carbons (Fsp3) is 0.174. The Bertz CT molecular complexity index is 1050. The summed E-state index contributed by atoms with van der Waals surface area (Å²) in [6.07, 6.45) is 1.82. The Kier molecular flexibility index (Phi) is 4.92. The molecule has 2 aromatic heterocycles. The van der Waals surface area contributed by atoms with Crippen molar-refractivity contribution in [3.63, 3.8) is 0 Å². The SMILES string of the molecule is Cc1ccc(C(NC(C)C(=O)c2c[nH]c3ccccc23)c2cccs2)cc1. The third-order valence-corrected chi connectivity index (χ3v) is 5.84. The molecular weight excluding hydrogens is 352 g/mol. The van der Waals surface area contributed by atoms with Gasteiger partial charge in [-0.25, -0.2) is 0 Å². The highest BCUT2D eigenvalue weighted by atomic mass is 32.1. The molecular formula is C23H22N2OS. The van der Waals surface area contributed by atoms with Crippen LogP contribution in [0.2, 0.25) is 0 Å². The average molecular weight is 375 g/mol. The minimum Gasteiger partial charge on any atom is -0.360 e. The van der Waals surface area contributed by atoms with Gasteiger partial charge in [-0.3, -0.25) is 10.1 Å². The number of hydrogen-bond donors (Lipinski definition) is 2. The van der Waals surface area contributed by atoms with E-state index in [1.54, 1.807) is 11.3 Å². The Morgan fingerprint density at radius 2 is 1.81 bits per heavy atom. The van der Waals surface area contributed by atoms with Crippen LogP contribution in [-0.4, -0.2) is 16.8 Å². The van der Waals surface area contributed by atoms with Crippen molar-refractivity contribution in [1.82, 2.24) is 10.3 Å². The smallest absolute Gasteiger partial charge is 0.181 e. The normalized spacial score (nSPS) is 13.6. The quantitative estimate of drug-likeness (QED) is 0.438. The number of benzene rings is 2. The van der Waals surface area contributed by atoms with Crippen LogP contribution in [-0.2, 0) is 0 Å². The first-order valence-electron chi connectivity index (χ1n) is 9.10. The minimum absolute atomic E-state index is 0.00486. The summed E-state index contributed by atoms with van der Waals surface area (Å²) < 4.78 is 0. The van der Waals surface area contributed by atoms with Gasteiger partial charge in [-0.05, 0) is 36.9 Å². The van der Waals surface area contributed by atoms with Crippen LogP contribution < -0.4 is 5.32 Å². The van der Waals surface area contributed by atoms with Crippen LogP contribution in [0.4, 0.5) is 0 Å². The molecule has 4 heteroatoms. The topological polar surface area (TPSA) is 44.9 Å². The molecule has 2 N–H and O–H groups in total. The number of fused-ring (bicyclic) bond motifs is 1. The van der Waals surface area contributed by atoms with E-state index in [0.717, 1.165) is 16.5 Å². The van der Waals surface area contributed by atoms with Crippen LogP contribution in [0.1, 0.15) is 39.3 Å². The first-order valence-corrected chi connectivity index (χ1v) is 9.98. The van der Waals surface area contributed by atoms with E-state index in [9.17, 15) is 4.79 Å². The molecule has 0 saturated carbocycles. The first-order chi connectivity index (χ1) is 13.1. The molecule has 0 fully saturated rings. The van der Waals surface area contributed by atoms with Crippen molar-refractivity contribution in [3.05, 3.63) is 93.8 Å². The van der Waals surface area contributed by atoms with Gasteiger partial charge < -0.3 is 4.98 Å². The Labute approximate surface area is 163 Å². The van der Waals surface area contributed by atoms with Gasteiger partial charge in [0.2, 0.25) is 0 Å². The number of hydrogen-bond acceptors (Lipinski definition) is 3. The van der Waals surface area contributed by atoms with Crippen molar-refractivity contribution in [2.75, 3.05) is 0 Å². The van der Waals surface area contributed by atoms with Gasteiger partial charge in [0.15, 0.2) is 5.78 Å². The lowest BCUT2D eigenvalue weighted by Crippen LogP contribution is -2.37. The maximum absolute atomic E-state index is 13.1. The predicted molar refractivity (Wildman–Crippen MR) is 113 cm³/mol. The zero-order valence-electron chi connectivity index (χ0n) is 15.4. The van der Waals surface area contributed by atoms with Crippen molar-refractivity contribution in [2.45, 2.75) is 25.9 Å². The van der Waals surface area contributed by atoms with Crippen molar-refractivity contribution in [3.8, 4) is 0 Å². The van der Waals surface area contributed by atoms with Gasteiger partial charge in [-0.1, -0.05) is 54.1 Å². The van der Waals surface area contributed by atoms with E-state index in [1.807, 2.05) is 37.4 Å². The Balaban J connectivity index is 1.62. The van der Waals surface area contributed by atoms with Crippen LogP contribution in [0.25, 0.3) is 10.9 Å². The lowest BCUT2D eigenvalue weighted by atomic mass is 10.00. The van der Waals surface area contributed by atoms with E-state index in [4.69, 9.17) is 0 Å². The van der Waals surface area contributed by atoms with Gasteiger partial charge >= 0.3 is 0 Å². The molecule has 2 heterocycles. The van der Waals surface area contributed by atoms with Gasteiger partial charge in [-0.2, -0.15) is 0 Å². The number of thiophene rings is 1. The predicted octanol–water partition coefficient (Wildman–Crippen LogP) is 5.49. The molecule has 0 aliphatic carbocycles. The molecule has 0 radical (unpaired) electrons. The van der Waals surface area contributed by atoms with E-state index in [1.165, 1.54) is 16.0 Å². The second-order valence-corrected chi connectivity index (χ2v) is 7.84. The van der Waals surface area contributed by atoms with Gasteiger partial charge in [0.05, 0.1) is 12.1 Å². The van der Waals surface area contributed by atoms with Crippen molar-refractivity contribution in [1.29, 1.82) is 0 Å². The molecule has 136 valence electrons. The molecule has 0 spiro atoms. The number of H-pyrrole nitrogens is 1. The summed E-state index contributed by atoms with van der Waals surface area (Å²) >= 11 is 1.70. The number of carbonyl (C=O) groups excluding carboxylic acids is 1. The zero-order valence-corrected chi connectivity index (χ0v) is 16.2. The number of aromatic amines is 1. The molecule has 3 nitrogen and oxygen atoms in total. The largest absolute Gasteiger partial charge is 0.360 e. The Hall–Kier alpha value is -2.69. The number of carbonyl (C=O) groups is 1. The van der Waals surface area contributed by atoms with Crippen LogP contribution in [0.5, 0.6) is 0 Å². The molecule has 2 aromatic carbocycles. The van der Waals surface area contributed by atoms with E-state index >= 15 is 0 Å². The monoisotopic (exact) mass is 374 g/mol. The lowest BCUT2D eigenvalue weighted by molar-refractivity contribution is 0.0949. The highest BCUT2D eigenvalue weighted by Gasteiger charge is 2.24. The summed E-state index contributed by atoms with van der Waals surface area (Å²) in [6.45, 7) is 4.03. The van der Waals surface area contributed by atoms with Gasteiger partial charge in [0.25, 0.3) is 0 Å². The van der Waals surface area contributed by atoms with E-state index in [-0.39, 0.29) is 17.9 Å². The van der Waals surface area contributed by atoms with Crippen molar-refractivity contribution >= 4 is 28.0 Å². The summed E-state index contributed by atoms with van der Waals surface area (Å²) in [7, 11) is 0. The number of aromatic nitrogens is 1. The van der Waals surface area contributed by atoms with Crippen LogP contribution >= 0.6 is 11.3 Å². The number of para-hydroxylation sites is 1. The van der Waals surface area contributed by atoms with Gasteiger partial charge in [-0.15, -0.1) is 11.3 Å². The lowest BCUT2D eigenvalue weighted by Gasteiger charge is -2.22. The second kappa shape index (κ2) is 7.51. The fourth-order valence-electron chi connectivity index (χ4n) is 3.39. The molecule has 2 unspecified atom stereocenters. The molecule has 0 bridgehead atoms. The summed E-state index contributed by atoms with van der Waals surface area (Å²) in [5.41, 5.74) is 4.12. The molecule has 0 amide bonds. The molecule has 0 aliphatic heterocycles. The average Bonchev–Trinajstić information content (AvgIpc) is 3.36. The standard InChI is InChI=1S/C23H22N2OS/c1-15-9-11-17(12-10-15)22(21-8-5-13-27-21)25-16(2)23(26)19-14-24-20-7-4-3-6-18(19)20/h3-14,16,22,24-25H,1-2H3. The van der Waals surface area contributed by atoms with E-state index < -0.39 is 0 Å². The maximum Gasteiger partial charge on any atom is 0.181 e. The Morgan fingerprint density at radius 3 is 2.56 bits per heavy atom. The van der Waals surface area contributed by atoms with E-state index in [2.05, 4.69) is 59.0 Å². The number of Topliss-reactive ketones (excluding diaryl/α,β-unsaturated/α-hetero) is 1. The molecule has 2 atom stereocenters. The number of rotatable bonds is 6. The zero-order chi connectivity index (χ0) is 18.8. The molecule has 4 rings (SSSR count). The third kappa shape index (κ3) is 3.59. The van der Waals surface area contributed by atoms with Crippen LogP contribution in [0.3, 0.4) is 0 Å². The van der Waals surface area contributed by atoms with Crippen LogP contribution in [0.15, 0.2) is 72.2 Å². The molecule has 0 saturated heterocycles. The Morgan fingerprint density at radius 1 is 1.04 bits per heavy atom. The van der Waals surface area contributed by atoms with Crippen molar-refractivity contribution < 1.29 is 4.79 Å². The fourth-order valence-corrected chi connectivity index (χ4v) is 4.20. The second-order valence-electron chi connectivity index (χ2n) is 6.86. The highest BCUT2D eigenvalue weighted by molar-refractivity contribution is 7.10.